The molecule has 2 rings (SSSR count). The summed E-state index contributed by atoms with van der Waals surface area (Å²) in [5.41, 5.74) is 0.946. The fourth-order valence-corrected chi connectivity index (χ4v) is 2.27. The van der Waals surface area contributed by atoms with E-state index in [4.69, 9.17) is 9.47 Å². The summed E-state index contributed by atoms with van der Waals surface area (Å²) in [5, 5.41) is 0. The third-order valence-electron chi connectivity index (χ3n) is 3.36. The van der Waals surface area contributed by atoms with Crippen molar-refractivity contribution in [3.05, 3.63) is 29.8 Å². The Bertz CT molecular complexity index is 492. The van der Waals surface area contributed by atoms with Gasteiger partial charge in [-0.1, -0.05) is 12.1 Å². The highest BCUT2D eigenvalue weighted by Gasteiger charge is 2.23. The quantitative estimate of drug-likeness (QED) is 0.824. The van der Waals surface area contributed by atoms with Crippen molar-refractivity contribution < 1.29 is 19.1 Å². The highest BCUT2D eigenvalue weighted by molar-refractivity contribution is 5.81. The Morgan fingerprint density at radius 3 is 2.43 bits per heavy atom. The van der Waals surface area contributed by atoms with E-state index in [9.17, 15) is 9.59 Å². The normalized spacial score (nSPS) is 16.4. The van der Waals surface area contributed by atoms with E-state index in [1.165, 1.54) is 0 Å². The Balaban J connectivity index is 1.90. The van der Waals surface area contributed by atoms with E-state index in [1.54, 1.807) is 30.9 Å². The minimum Gasteiger partial charge on any atom is -0.481 e. The van der Waals surface area contributed by atoms with E-state index in [1.807, 2.05) is 12.1 Å². The smallest absolute Gasteiger partial charge is 0.263 e. The van der Waals surface area contributed by atoms with E-state index >= 15 is 0 Å². The summed E-state index contributed by atoms with van der Waals surface area (Å²) >= 11 is 0. The minimum absolute atomic E-state index is 0.0221. The van der Waals surface area contributed by atoms with Gasteiger partial charge >= 0.3 is 0 Å². The first-order chi connectivity index (χ1) is 10.1. The first-order valence-electron chi connectivity index (χ1n) is 7.18. The van der Waals surface area contributed by atoms with Gasteiger partial charge in [-0.2, -0.15) is 0 Å². The fourth-order valence-electron chi connectivity index (χ4n) is 2.27. The molecule has 1 aromatic carbocycles. The molecule has 1 fully saturated rings. The van der Waals surface area contributed by atoms with E-state index in [0.29, 0.717) is 38.5 Å². The molecule has 1 atom stereocenters. The number of ketones is 1. The highest BCUT2D eigenvalue weighted by Crippen LogP contribution is 2.15. The molecular formula is C16H21NO4. The summed E-state index contributed by atoms with van der Waals surface area (Å²) in [7, 11) is 0. The Morgan fingerprint density at radius 1 is 1.24 bits per heavy atom. The Labute approximate surface area is 124 Å². The van der Waals surface area contributed by atoms with Gasteiger partial charge < -0.3 is 14.4 Å². The molecule has 1 aliphatic rings. The van der Waals surface area contributed by atoms with Crippen LogP contribution in [-0.2, 0) is 20.7 Å². The van der Waals surface area contributed by atoms with Crippen LogP contribution in [0.15, 0.2) is 24.3 Å². The second-order valence-corrected chi connectivity index (χ2v) is 5.22. The Hall–Kier alpha value is -1.88. The van der Waals surface area contributed by atoms with Crippen LogP contribution in [0.5, 0.6) is 5.75 Å². The molecule has 1 heterocycles. The van der Waals surface area contributed by atoms with Gasteiger partial charge in [0.1, 0.15) is 11.5 Å². The molecule has 0 bridgehead atoms. The largest absolute Gasteiger partial charge is 0.481 e. The molecule has 5 heteroatoms. The van der Waals surface area contributed by atoms with Crippen molar-refractivity contribution in [3.63, 3.8) is 0 Å². The highest BCUT2D eigenvalue weighted by atomic mass is 16.5. The van der Waals surface area contributed by atoms with Crippen LogP contribution in [0.2, 0.25) is 0 Å². The molecule has 1 unspecified atom stereocenters. The average Bonchev–Trinajstić information content (AvgIpc) is 2.49. The predicted molar refractivity (Wildman–Crippen MR) is 78.3 cm³/mol. The van der Waals surface area contributed by atoms with Gasteiger partial charge in [0.25, 0.3) is 5.91 Å². The molecule has 0 aromatic heterocycles. The molecule has 1 aliphatic heterocycles. The van der Waals surface area contributed by atoms with Gasteiger partial charge in [-0.15, -0.1) is 0 Å². The number of hydrogen-bond donors (Lipinski definition) is 0. The lowest BCUT2D eigenvalue weighted by atomic mass is 10.1. The number of amides is 1. The predicted octanol–water partition coefficient (Wildman–Crippen LogP) is 1.44. The zero-order valence-electron chi connectivity index (χ0n) is 12.5. The van der Waals surface area contributed by atoms with Gasteiger partial charge in [0, 0.05) is 19.5 Å². The summed E-state index contributed by atoms with van der Waals surface area (Å²) in [4.78, 5) is 25.0. The Morgan fingerprint density at radius 2 is 1.86 bits per heavy atom. The van der Waals surface area contributed by atoms with Crippen molar-refractivity contribution in [2.24, 2.45) is 0 Å². The van der Waals surface area contributed by atoms with Crippen molar-refractivity contribution in [2.75, 3.05) is 26.3 Å². The first-order valence-corrected chi connectivity index (χ1v) is 7.18. The number of benzene rings is 1. The molecule has 1 aromatic rings. The summed E-state index contributed by atoms with van der Waals surface area (Å²) in [6.07, 6.45) is -0.107. The van der Waals surface area contributed by atoms with Crippen LogP contribution in [0.25, 0.3) is 0 Å². The third-order valence-corrected chi connectivity index (χ3v) is 3.36. The van der Waals surface area contributed by atoms with Crippen molar-refractivity contribution in [1.29, 1.82) is 0 Å². The fraction of sp³-hybridized carbons (Fsp3) is 0.500. The van der Waals surface area contributed by atoms with Gasteiger partial charge in [-0.05, 0) is 31.5 Å². The van der Waals surface area contributed by atoms with Crippen LogP contribution >= 0.6 is 0 Å². The third kappa shape index (κ3) is 4.56. The minimum atomic E-state index is -0.526. The second-order valence-electron chi connectivity index (χ2n) is 5.22. The maximum absolute atomic E-state index is 12.2. The standard InChI is InChI=1S/C16H21NO4/c1-12(18)11-14-3-5-15(6-4-14)21-13(2)16(19)17-7-9-20-10-8-17/h3-6,13H,7-11H2,1-2H3. The first kappa shape index (κ1) is 15.5. The van der Waals surface area contributed by atoms with E-state index in [-0.39, 0.29) is 11.7 Å². The number of morpholine rings is 1. The SMILES string of the molecule is CC(=O)Cc1ccc(OC(C)C(=O)N2CCOCC2)cc1. The molecule has 0 aliphatic carbocycles. The average molecular weight is 291 g/mol. The molecule has 1 amide bonds. The topological polar surface area (TPSA) is 55.8 Å². The van der Waals surface area contributed by atoms with Crippen molar-refractivity contribution in [2.45, 2.75) is 26.4 Å². The van der Waals surface area contributed by atoms with Gasteiger partial charge in [-0.3, -0.25) is 9.59 Å². The maximum atomic E-state index is 12.2. The zero-order chi connectivity index (χ0) is 15.2. The summed E-state index contributed by atoms with van der Waals surface area (Å²) < 4.78 is 10.9. The van der Waals surface area contributed by atoms with Gasteiger partial charge in [0.15, 0.2) is 6.10 Å². The number of nitrogens with zero attached hydrogens (tertiary/aromatic N) is 1. The lowest BCUT2D eigenvalue weighted by Gasteiger charge is -2.29. The molecular weight excluding hydrogens is 270 g/mol. The van der Waals surface area contributed by atoms with Crippen LogP contribution in [0, 0.1) is 0 Å². The number of carbonyl (C=O) groups is 2. The van der Waals surface area contributed by atoms with E-state index in [0.717, 1.165) is 5.56 Å². The van der Waals surface area contributed by atoms with Gasteiger partial charge in [0.2, 0.25) is 0 Å². The maximum Gasteiger partial charge on any atom is 0.263 e. The molecule has 21 heavy (non-hydrogen) atoms. The number of carbonyl (C=O) groups excluding carboxylic acids is 2. The summed E-state index contributed by atoms with van der Waals surface area (Å²) in [6, 6.07) is 7.29. The van der Waals surface area contributed by atoms with Crippen LogP contribution in [-0.4, -0.2) is 49.0 Å². The van der Waals surface area contributed by atoms with Crippen molar-refractivity contribution in [1.82, 2.24) is 4.90 Å². The number of ether oxygens (including phenoxy) is 2. The molecule has 0 radical (unpaired) electrons. The number of Topliss-reactive ketones (excluding diaryl/α,β-unsaturated/α-hetero) is 1. The van der Waals surface area contributed by atoms with Gasteiger partial charge in [0.05, 0.1) is 13.2 Å². The van der Waals surface area contributed by atoms with E-state index < -0.39 is 6.10 Å². The Kier molecular flexibility index (Phi) is 5.33. The summed E-state index contributed by atoms with van der Waals surface area (Å²) in [6.45, 7) is 5.71. The number of rotatable bonds is 5. The summed E-state index contributed by atoms with van der Waals surface area (Å²) in [5.74, 6) is 0.738. The monoisotopic (exact) mass is 291 g/mol. The molecule has 114 valence electrons. The molecule has 0 spiro atoms. The second kappa shape index (κ2) is 7.22. The van der Waals surface area contributed by atoms with Crippen LogP contribution in [0.1, 0.15) is 19.4 Å². The molecule has 1 saturated heterocycles. The van der Waals surface area contributed by atoms with Crippen molar-refractivity contribution >= 4 is 11.7 Å². The molecule has 0 N–H and O–H groups in total. The molecule has 0 saturated carbocycles. The van der Waals surface area contributed by atoms with E-state index in [2.05, 4.69) is 0 Å². The zero-order valence-corrected chi connectivity index (χ0v) is 12.5. The van der Waals surface area contributed by atoms with Crippen molar-refractivity contribution in [3.8, 4) is 5.75 Å². The number of hydrogen-bond acceptors (Lipinski definition) is 4. The van der Waals surface area contributed by atoms with Crippen LogP contribution in [0.3, 0.4) is 0 Å². The van der Waals surface area contributed by atoms with Gasteiger partial charge in [-0.25, -0.2) is 0 Å². The molecule has 5 nitrogen and oxygen atoms in total. The lowest BCUT2D eigenvalue weighted by molar-refractivity contribution is -0.142. The lowest BCUT2D eigenvalue weighted by Crippen LogP contribution is -2.46. The van der Waals surface area contributed by atoms with Crippen LogP contribution < -0.4 is 4.74 Å². The van der Waals surface area contributed by atoms with Crippen LogP contribution in [0.4, 0.5) is 0 Å².